The van der Waals surface area contributed by atoms with Crippen LogP contribution in [0.3, 0.4) is 0 Å². The Morgan fingerprint density at radius 1 is 1.04 bits per heavy atom. The monoisotopic (exact) mass is 383 g/mol. The number of hydrogen-bond acceptors (Lipinski definition) is 5. The maximum atomic E-state index is 12.3. The molecule has 1 heterocycles. The third-order valence-electron chi connectivity index (χ3n) is 4.36. The van der Waals surface area contributed by atoms with Crippen LogP contribution in [0.5, 0.6) is 11.5 Å². The van der Waals surface area contributed by atoms with E-state index in [0.29, 0.717) is 36.2 Å². The normalized spacial score (nSPS) is 13.7. The Hall–Kier alpha value is -3.02. The second-order valence-electron chi connectivity index (χ2n) is 7.09. The number of amides is 1. The highest BCUT2D eigenvalue weighted by molar-refractivity contribution is 5.92. The van der Waals surface area contributed by atoms with Crippen molar-refractivity contribution in [2.24, 2.45) is 5.92 Å². The lowest BCUT2D eigenvalue weighted by molar-refractivity contribution is -0.125. The van der Waals surface area contributed by atoms with Gasteiger partial charge in [0.25, 0.3) is 5.91 Å². The summed E-state index contributed by atoms with van der Waals surface area (Å²) in [5, 5.41) is 2.96. The van der Waals surface area contributed by atoms with Crippen LogP contribution < -0.4 is 14.8 Å². The first-order valence-electron chi connectivity index (χ1n) is 9.44. The molecule has 1 N–H and O–H groups in total. The maximum absolute atomic E-state index is 12.3. The first-order valence-corrected chi connectivity index (χ1v) is 9.44. The second-order valence-corrected chi connectivity index (χ2v) is 7.09. The lowest BCUT2D eigenvalue weighted by Crippen LogP contribution is -2.33. The fraction of sp³-hybridized carbons (Fsp3) is 0.364. The average molecular weight is 383 g/mol. The van der Waals surface area contributed by atoms with E-state index in [-0.39, 0.29) is 18.6 Å². The number of fused-ring (bicyclic) bond motifs is 1. The molecule has 28 heavy (non-hydrogen) atoms. The molecule has 0 spiro atoms. The van der Waals surface area contributed by atoms with Crippen molar-refractivity contribution < 1.29 is 23.8 Å². The smallest absolute Gasteiger partial charge is 0.338 e. The van der Waals surface area contributed by atoms with Gasteiger partial charge in [-0.05, 0) is 36.1 Å². The van der Waals surface area contributed by atoms with Crippen LogP contribution in [0.2, 0.25) is 0 Å². The first kappa shape index (κ1) is 19.7. The van der Waals surface area contributed by atoms with Gasteiger partial charge in [-0.1, -0.05) is 44.2 Å². The molecule has 0 fully saturated rings. The number of nitrogens with one attached hydrogen (secondary N) is 1. The van der Waals surface area contributed by atoms with E-state index in [2.05, 4.69) is 19.2 Å². The fourth-order valence-corrected chi connectivity index (χ4v) is 3.06. The van der Waals surface area contributed by atoms with Crippen molar-refractivity contribution in [3.8, 4) is 11.5 Å². The molecular formula is C22H25NO5. The van der Waals surface area contributed by atoms with Crippen LogP contribution in [0, 0.1) is 5.92 Å². The second kappa shape index (κ2) is 9.26. The largest absolute Gasteiger partial charge is 0.486 e. The van der Waals surface area contributed by atoms with Crippen molar-refractivity contribution >= 4 is 11.9 Å². The highest BCUT2D eigenvalue weighted by Gasteiger charge is 2.19. The third kappa shape index (κ3) is 5.25. The Balaban J connectivity index is 1.57. The minimum Gasteiger partial charge on any atom is -0.486 e. The molecule has 0 saturated carbocycles. The Morgan fingerprint density at radius 3 is 2.46 bits per heavy atom. The first-order chi connectivity index (χ1) is 13.5. The predicted octanol–water partition coefficient (Wildman–Crippen LogP) is 3.52. The van der Waals surface area contributed by atoms with Gasteiger partial charge in [0.2, 0.25) is 0 Å². The van der Waals surface area contributed by atoms with Crippen molar-refractivity contribution in [3.63, 3.8) is 0 Å². The molecule has 0 aliphatic carbocycles. The summed E-state index contributed by atoms with van der Waals surface area (Å²) >= 11 is 0. The summed E-state index contributed by atoms with van der Waals surface area (Å²) in [4.78, 5) is 24.6. The van der Waals surface area contributed by atoms with Crippen LogP contribution in [-0.4, -0.2) is 31.7 Å². The molecule has 6 heteroatoms. The summed E-state index contributed by atoms with van der Waals surface area (Å²) in [6.45, 7) is 4.78. The maximum Gasteiger partial charge on any atom is 0.338 e. The Labute approximate surface area is 164 Å². The predicted molar refractivity (Wildman–Crippen MR) is 104 cm³/mol. The molecule has 2 aromatic carbocycles. The molecule has 1 amide bonds. The molecule has 0 unspecified atom stereocenters. The molecule has 148 valence electrons. The van der Waals surface area contributed by atoms with Crippen LogP contribution in [-0.2, 0) is 9.53 Å². The summed E-state index contributed by atoms with van der Waals surface area (Å²) in [5.74, 6) is 0.601. The van der Waals surface area contributed by atoms with Crippen molar-refractivity contribution in [1.29, 1.82) is 0 Å². The number of carbonyl (C=O) groups is 2. The van der Waals surface area contributed by atoms with Crippen LogP contribution in [0.1, 0.15) is 42.2 Å². The van der Waals surface area contributed by atoms with E-state index in [4.69, 9.17) is 14.2 Å². The van der Waals surface area contributed by atoms with Gasteiger partial charge in [0.05, 0.1) is 11.6 Å². The van der Waals surface area contributed by atoms with Gasteiger partial charge in [0, 0.05) is 0 Å². The topological polar surface area (TPSA) is 73.9 Å². The highest BCUT2D eigenvalue weighted by Crippen LogP contribution is 2.31. The van der Waals surface area contributed by atoms with Crippen LogP contribution in [0.15, 0.2) is 48.5 Å². The Morgan fingerprint density at radius 2 is 1.75 bits per heavy atom. The molecule has 6 nitrogen and oxygen atoms in total. The number of ether oxygens (including phenoxy) is 3. The zero-order chi connectivity index (χ0) is 19.9. The highest BCUT2D eigenvalue weighted by atomic mass is 16.6. The van der Waals surface area contributed by atoms with Crippen molar-refractivity contribution in [2.75, 3.05) is 19.8 Å². The van der Waals surface area contributed by atoms with Crippen LogP contribution in [0.4, 0.5) is 0 Å². The molecule has 1 aliphatic rings. The minimum atomic E-state index is -0.577. The van der Waals surface area contributed by atoms with Gasteiger partial charge in [-0.25, -0.2) is 4.79 Å². The van der Waals surface area contributed by atoms with Gasteiger partial charge < -0.3 is 19.5 Å². The molecule has 1 aliphatic heterocycles. The molecule has 0 radical (unpaired) electrons. The molecule has 0 aromatic heterocycles. The van der Waals surface area contributed by atoms with E-state index in [1.165, 1.54) is 0 Å². The molecule has 0 saturated heterocycles. The van der Waals surface area contributed by atoms with Crippen molar-refractivity contribution in [1.82, 2.24) is 5.32 Å². The number of hydrogen-bond donors (Lipinski definition) is 1. The molecule has 1 atom stereocenters. The molecule has 2 aromatic rings. The van der Waals surface area contributed by atoms with Gasteiger partial charge in [-0.15, -0.1) is 0 Å². The number of carbonyl (C=O) groups excluding carboxylic acids is 2. The van der Waals surface area contributed by atoms with Gasteiger partial charge >= 0.3 is 5.97 Å². The summed E-state index contributed by atoms with van der Waals surface area (Å²) in [7, 11) is 0. The van der Waals surface area contributed by atoms with Gasteiger partial charge in [-0.3, -0.25) is 4.79 Å². The summed E-state index contributed by atoms with van der Waals surface area (Å²) in [6.07, 6.45) is 0.797. The quantitative estimate of drug-likeness (QED) is 0.741. The van der Waals surface area contributed by atoms with Gasteiger partial charge in [0.15, 0.2) is 18.1 Å². The standard InChI is InChI=1S/C22H25NO5/c1-15(2)12-18(16-6-4-3-5-7-16)23-21(24)14-28-22(25)17-8-9-19-20(13-17)27-11-10-26-19/h3-9,13,15,18H,10-12,14H2,1-2H3,(H,23,24)/t18-/m0/s1. The zero-order valence-electron chi connectivity index (χ0n) is 16.1. The van der Waals surface area contributed by atoms with E-state index in [1.807, 2.05) is 30.3 Å². The molecule has 0 bridgehead atoms. The molecular weight excluding hydrogens is 358 g/mol. The zero-order valence-corrected chi connectivity index (χ0v) is 16.1. The van der Waals surface area contributed by atoms with Gasteiger partial charge in [-0.2, -0.15) is 0 Å². The number of benzene rings is 2. The Kier molecular flexibility index (Phi) is 6.53. The van der Waals surface area contributed by atoms with E-state index < -0.39 is 5.97 Å². The molecule has 3 rings (SSSR count). The lowest BCUT2D eigenvalue weighted by Gasteiger charge is -2.21. The van der Waals surface area contributed by atoms with E-state index >= 15 is 0 Å². The van der Waals surface area contributed by atoms with E-state index in [1.54, 1.807) is 18.2 Å². The van der Waals surface area contributed by atoms with Crippen LogP contribution >= 0.6 is 0 Å². The summed E-state index contributed by atoms with van der Waals surface area (Å²) in [6, 6.07) is 14.5. The SMILES string of the molecule is CC(C)C[C@H](NC(=O)COC(=O)c1ccc2c(c1)OCCO2)c1ccccc1. The fourth-order valence-electron chi connectivity index (χ4n) is 3.06. The van der Waals surface area contributed by atoms with Gasteiger partial charge in [0.1, 0.15) is 13.2 Å². The number of rotatable bonds is 7. The summed E-state index contributed by atoms with van der Waals surface area (Å²) in [5.41, 5.74) is 1.35. The van der Waals surface area contributed by atoms with E-state index in [0.717, 1.165) is 12.0 Å². The number of esters is 1. The van der Waals surface area contributed by atoms with Crippen molar-refractivity contribution in [2.45, 2.75) is 26.3 Å². The Bertz CT molecular complexity index is 819. The average Bonchev–Trinajstić information content (AvgIpc) is 2.71. The summed E-state index contributed by atoms with van der Waals surface area (Å²) < 4.78 is 16.1. The van der Waals surface area contributed by atoms with Crippen molar-refractivity contribution in [3.05, 3.63) is 59.7 Å². The third-order valence-corrected chi connectivity index (χ3v) is 4.36. The lowest BCUT2D eigenvalue weighted by atomic mass is 9.97. The minimum absolute atomic E-state index is 0.123. The van der Waals surface area contributed by atoms with E-state index in [9.17, 15) is 9.59 Å². The van der Waals surface area contributed by atoms with Crippen LogP contribution in [0.25, 0.3) is 0 Å².